The van der Waals surface area contributed by atoms with Crippen molar-refractivity contribution in [3.8, 4) is 0 Å². The topological polar surface area (TPSA) is 61.9 Å². The van der Waals surface area contributed by atoms with E-state index in [0.717, 1.165) is 13.1 Å². The summed E-state index contributed by atoms with van der Waals surface area (Å²) in [4.78, 5) is 16.0. The average molecular weight is 402 g/mol. The highest BCUT2D eigenvalue weighted by Gasteiger charge is 2.28. The monoisotopic (exact) mass is 401 g/mol. The fourth-order valence-corrected chi connectivity index (χ4v) is 2.63. The first-order valence-corrected chi connectivity index (χ1v) is 10.6. The van der Waals surface area contributed by atoms with E-state index in [2.05, 4.69) is 9.62 Å². The number of piperazine rings is 1. The Bertz CT molecular complexity index is 629. The molecule has 1 saturated heterocycles. The minimum atomic E-state index is -0.823. The number of ether oxygens (including phenoxy) is 1. The van der Waals surface area contributed by atoms with E-state index in [0.29, 0.717) is 18.7 Å². The first-order chi connectivity index (χ1) is 12.5. The SMILES string of the molecule is CC(c1ccccc1F)N1CCN(C(=O)OC(C)(C)C)CC1.CNS(C)=O. The summed E-state index contributed by atoms with van der Waals surface area (Å²) in [6.45, 7) is 10.2. The zero-order valence-corrected chi connectivity index (χ0v) is 17.9. The van der Waals surface area contributed by atoms with Crippen LogP contribution in [0.1, 0.15) is 39.3 Å². The van der Waals surface area contributed by atoms with Crippen molar-refractivity contribution < 1.29 is 18.1 Å². The molecule has 1 amide bonds. The highest BCUT2D eigenvalue weighted by molar-refractivity contribution is 7.82. The summed E-state index contributed by atoms with van der Waals surface area (Å²) in [7, 11) is 0.826. The summed E-state index contributed by atoms with van der Waals surface area (Å²) >= 11 is 0. The maximum absolute atomic E-state index is 13.9. The molecule has 1 aromatic carbocycles. The number of benzene rings is 1. The first-order valence-electron chi connectivity index (χ1n) is 9.02. The van der Waals surface area contributed by atoms with Gasteiger partial charge in [0.2, 0.25) is 0 Å². The molecule has 1 aromatic rings. The lowest BCUT2D eigenvalue weighted by atomic mass is 10.1. The van der Waals surface area contributed by atoms with Gasteiger partial charge in [-0.2, -0.15) is 0 Å². The van der Waals surface area contributed by atoms with Gasteiger partial charge in [0.25, 0.3) is 0 Å². The smallest absolute Gasteiger partial charge is 0.410 e. The van der Waals surface area contributed by atoms with Gasteiger partial charge >= 0.3 is 6.09 Å². The molecule has 2 unspecified atom stereocenters. The summed E-state index contributed by atoms with van der Waals surface area (Å²) in [5, 5.41) is 0. The van der Waals surface area contributed by atoms with Crippen LogP contribution in [0.25, 0.3) is 0 Å². The normalized spacial score (nSPS) is 17.5. The fraction of sp³-hybridized carbons (Fsp3) is 0.632. The molecule has 0 aliphatic carbocycles. The van der Waals surface area contributed by atoms with Gasteiger partial charge in [-0.3, -0.25) is 4.90 Å². The van der Waals surface area contributed by atoms with Gasteiger partial charge in [0.15, 0.2) is 0 Å². The zero-order chi connectivity index (χ0) is 20.6. The lowest BCUT2D eigenvalue weighted by Crippen LogP contribution is -2.50. The van der Waals surface area contributed by atoms with Crippen LogP contribution < -0.4 is 4.72 Å². The predicted octanol–water partition coefficient (Wildman–Crippen LogP) is 2.94. The van der Waals surface area contributed by atoms with Crippen LogP contribution in [-0.2, 0) is 15.7 Å². The van der Waals surface area contributed by atoms with Crippen molar-refractivity contribution in [1.29, 1.82) is 0 Å². The quantitative estimate of drug-likeness (QED) is 0.846. The molecule has 1 aliphatic rings. The molecule has 2 rings (SSSR count). The largest absolute Gasteiger partial charge is 0.444 e. The second-order valence-electron chi connectivity index (χ2n) is 7.36. The summed E-state index contributed by atoms with van der Waals surface area (Å²) in [5.74, 6) is -0.176. The molecule has 2 atom stereocenters. The lowest BCUT2D eigenvalue weighted by Gasteiger charge is -2.38. The highest BCUT2D eigenvalue weighted by atomic mass is 32.2. The third kappa shape index (κ3) is 8.36. The molecule has 1 heterocycles. The number of rotatable bonds is 3. The van der Waals surface area contributed by atoms with Gasteiger partial charge in [-0.25, -0.2) is 18.1 Å². The molecule has 1 fully saturated rings. The number of hydrogen-bond donors (Lipinski definition) is 1. The van der Waals surface area contributed by atoms with E-state index in [1.54, 1.807) is 24.3 Å². The van der Waals surface area contributed by atoms with Crippen molar-refractivity contribution in [3.05, 3.63) is 35.6 Å². The molecule has 0 aromatic heterocycles. The van der Waals surface area contributed by atoms with Gasteiger partial charge in [0, 0.05) is 44.0 Å². The average Bonchev–Trinajstić information content (AvgIpc) is 2.60. The standard InChI is InChI=1S/C17H25FN2O2.C2H7NOS/c1-13(14-7-5-6-8-15(14)18)19-9-11-20(12-10-19)16(21)22-17(2,3)4;1-3-5(2)4/h5-8,13H,9-12H2,1-4H3;3H,1-2H3. The number of nitrogens with one attached hydrogen (secondary N) is 1. The Kier molecular flexibility index (Phi) is 9.35. The van der Waals surface area contributed by atoms with Gasteiger partial charge < -0.3 is 9.64 Å². The molecular formula is C19H32FN3O3S. The van der Waals surface area contributed by atoms with E-state index < -0.39 is 16.6 Å². The van der Waals surface area contributed by atoms with E-state index >= 15 is 0 Å². The minimum Gasteiger partial charge on any atom is -0.444 e. The molecule has 154 valence electrons. The van der Waals surface area contributed by atoms with Crippen LogP contribution in [0.2, 0.25) is 0 Å². The van der Waals surface area contributed by atoms with Crippen LogP contribution in [-0.4, -0.2) is 65.2 Å². The van der Waals surface area contributed by atoms with Crippen LogP contribution in [0.5, 0.6) is 0 Å². The van der Waals surface area contributed by atoms with E-state index in [-0.39, 0.29) is 18.0 Å². The van der Waals surface area contributed by atoms with Crippen LogP contribution in [0.3, 0.4) is 0 Å². The van der Waals surface area contributed by atoms with E-state index in [4.69, 9.17) is 4.74 Å². The Hall–Kier alpha value is -1.51. The predicted molar refractivity (Wildman–Crippen MR) is 107 cm³/mol. The third-order valence-corrected chi connectivity index (χ3v) is 4.73. The molecule has 27 heavy (non-hydrogen) atoms. The van der Waals surface area contributed by atoms with Crippen LogP contribution in [0.4, 0.5) is 9.18 Å². The third-order valence-electron chi connectivity index (χ3n) is 4.16. The van der Waals surface area contributed by atoms with Gasteiger partial charge in [-0.05, 0) is 40.8 Å². The van der Waals surface area contributed by atoms with Crippen molar-refractivity contribution in [2.24, 2.45) is 0 Å². The summed E-state index contributed by atoms with van der Waals surface area (Å²) in [5.41, 5.74) is 0.225. The zero-order valence-electron chi connectivity index (χ0n) is 17.1. The number of carbonyl (C=O) groups is 1. The van der Waals surface area contributed by atoms with E-state index in [1.807, 2.05) is 39.8 Å². The van der Waals surface area contributed by atoms with Gasteiger partial charge in [-0.1, -0.05) is 18.2 Å². The summed E-state index contributed by atoms with van der Waals surface area (Å²) < 4.78 is 31.6. The second-order valence-corrected chi connectivity index (χ2v) is 8.68. The van der Waals surface area contributed by atoms with Crippen LogP contribution >= 0.6 is 0 Å². The van der Waals surface area contributed by atoms with Gasteiger partial charge in [0.05, 0.1) is 11.0 Å². The Morgan fingerprint density at radius 1 is 1.22 bits per heavy atom. The Labute approximate surface area is 164 Å². The Morgan fingerprint density at radius 2 is 1.74 bits per heavy atom. The van der Waals surface area contributed by atoms with Crippen molar-refractivity contribution >= 4 is 17.1 Å². The van der Waals surface area contributed by atoms with E-state index in [9.17, 15) is 13.4 Å². The molecule has 1 N–H and O–H groups in total. The molecule has 0 saturated carbocycles. The number of carbonyl (C=O) groups excluding carboxylic acids is 1. The van der Waals surface area contributed by atoms with Crippen LogP contribution in [0, 0.1) is 5.82 Å². The number of nitrogens with zero attached hydrogens (tertiary/aromatic N) is 2. The lowest BCUT2D eigenvalue weighted by molar-refractivity contribution is 0.0109. The summed E-state index contributed by atoms with van der Waals surface area (Å²) in [6, 6.07) is 6.86. The first kappa shape index (κ1) is 23.5. The Morgan fingerprint density at radius 3 is 2.19 bits per heavy atom. The summed E-state index contributed by atoms with van der Waals surface area (Å²) in [6.07, 6.45) is 1.31. The van der Waals surface area contributed by atoms with Gasteiger partial charge in [-0.15, -0.1) is 0 Å². The fourth-order valence-electron chi connectivity index (χ4n) is 2.63. The van der Waals surface area contributed by atoms with Crippen molar-refractivity contribution in [2.45, 2.75) is 39.3 Å². The van der Waals surface area contributed by atoms with Crippen molar-refractivity contribution in [2.75, 3.05) is 39.5 Å². The maximum Gasteiger partial charge on any atom is 0.410 e. The molecule has 1 aliphatic heterocycles. The molecule has 6 nitrogen and oxygen atoms in total. The molecule has 0 radical (unpaired) electrons. The minimum absolute atomic E-state index is 0.00184. The second kappa shape index (κ2) is 10.7. The molecule has 0 bridgehead atoms. The number of hydrogen-bond acceptors (Lipinski definition) is 4. The number of halogens is 1. The Balaban J connectivity index is 0.000000646. The van der Waals surface area contributed by atoms with Gasteiger partial charge in [0.1, 0.15) is 11.4 Å². The van der Waals surface area contributed by atoms with E-state index in [1.165, 1.54) is 6.07 Å². The maximum atomic E-state index is 13.9. The molecule has 8 heteroatoms. The molecule has 0 spiro atoms. The van der Waals surface area contributed by atoms with Crippen LogP contribution in [0.15, 0.2) is 24.3 Å². The number of amides is 1. The van der Waals surface area contributed by atoms with Crippen molar-refractivity contribution in [3.63, 3.8) is 0 Å². The van der Waals surface area contributed by atoms with Crippen molar-refractivity contribution in [1.82, 2.24) is 14.5 Å². The molecular weight excluding hydrogens is 369 g/mol. The highest BCUT2D eigenvalue weighted by Crippen LogP contribution is 2.24.